The van der Waals surface area contributed by atoms with Crippen LogP contribution in [0.25, 0.3) is 0 Å². The summed E-state index contributed by atoms with van der Waals surface area (Å²) < 4.78 is 0. The Labute approximate surface area is 134 Å². The number of rotatable bonds is 3. The Bertz CT molecular complexity index is 713. The van der Waals surface area contributed by atoms with E-state index in [0.29, 0.717) is 6.54 Å². The van der Waals surface area contributed by atoms with Gasteiger partial charge in [0.25, 0.3) is 5.91 Å². The van der Waals surface area contributed by atoms with Gasteiger partial charge in [-0.05, 0) is 17.5 Å². The summed E-state index contributed by atoms with van der Waals surface area (Å²) in [4.78, 5) is 27.1. The van der Waals surface area contributed by atoms with Crippen molar-refractivity contribution in [2.24, 2.45) is 5.92 Å². The van der Waals surface area contributed by atoms with E-state index in [9.17, 15) is 9.59 Å². The monoisotopic (exact) mass is 313 g/mol. The maximum atomic E-state index is 12.8. The second-order valence-corrected chi connectivity index (χ2v) is 5.77. The van der Waals surface area contributed by atoms with E-state index in [1.807, 2.05) is 38.1 Å². The number of hydrogen-bond donors (Lipinski definition) is 2. The highest BCUT2D eigenvalue weighted by Gasteiger charge is 2.37. The molecule has 0 saturated heterocycles. The zero-order valence-electron chi connectivity index (χ0n) is 13.1. The zero-order chi connectivity index (χ0) is 16.4. The summed E-state index contributed by atoms with van der Waals surface area (Å²) in [7, 11) is 0. The summed E-state index contributed by atoms with van der Waals surface area (Å²) in [5, 5.41) is 12.9. The first-order valence-corrected chi connectivity index (χ1v) is 7.67. The summed E-state index contributed by atoms with van der Waals surface area (Å²) in [6, 6.07) is 6.99. The highest BCUT2D eigenvalue weighted by molar-refractivity contribution is 6.01. The Morgan fingerprint density at radius 3 is 2.91 bits per heavy atom. The van der Waals surface area contributed by atoms with Crippen molar-refractivity contribution in [1.29, 1.82) is 0 Å². The predicted molar refractivity (Wildman–Crippen MR) is 84.6 cm³/mol. The van der Waals surface area contributed by atoms with E-state index < -0.39 is 6.04 Å². The van der Waals surface area contributed by atoms with Gasteiger partial charge in [0.1, 0.15) is 6.04 Å². The molecule has 1 aliphatic heterocycles. The molecule has 7 nitrogen and oxygen atoms in total. The van der Waals surface area contributed by atoms with E-state index >= 15 is 0 Å². The first-order chi connectivity index (χ1) is 11.1. The first kappa shape index (κ1) is 15.2. The largest absolute Gasteiger partial charge is 0.324 e. The smallest absolute Gasteiger partial charge is 0.277 e. The second kappa shape index (κ2) is 6.20. The van der Waals surface area contributed by atoms with E-state index in [0.717, 1.165) is 17.7 Å². The molecule has 0 aliphatic carbocycles. The van der Waals surface area contributed by atoms with E-state index in [4.69, 9.17) is 0 Å². The number of nitrogens with one attached hydrogen (secondary N) is 2. The molecule has 120 valence electrons. The number of nitrogens with zero attached hydrogens (tertiary/aromatic N) is 3. The highest BCUT2D eigenvalue weighted by atomic mass is 16.2. The van der Waals surface area contributed by atoms with E-state index in [2.05, 4.69) is 20.7 Å². The Balaban J connectivity index is 2.03. The van der Waals surface area contributed by atoms with Crippen molar-refractivity contribution in [1.82, 2.24) is 20.3 Å². The van der Waals surface area contributed by atoms with Crippen LogP contribution in [0.15, 0.2) is 30.5 Å². The Kier molecular flexibility index (Phi) is 4.10. The summed E-state index contributed by atoms with van der Waals surface area (Å²) in [6.07, 6.45) is 2.17. The maximum absolute atomic E-state index is 12.8. The van der Waals surface area contributed by atoms with Crippen molar-refractivity contribution in [2.75, 3.05) is 5.32 Å². The lowest BCUT2D eigenvalue weighted by atomic mass is 9.96. The Morgan fingerprint density at radius 2 is 2.22 bits per heavy atom. The average Bonchev–Trinajstić information content (AvgIpc) is 3.04. The van der Waals surface area contributed by atoms with Crippen LogP contribution in [-0.2, 0) is 11.3 Å². The van der Waals surface area contributed by atoms with Gasteiger partial charge in [0.05, 0.1) is 6.20 Å². The third kappa shape index (κ3) is 2.81. The molecule has 2 aromatic rings. The number of anilines is 1. The quantitative estimate of drug-likeness (QED) is 0.904. The fraction of sp³-hybridized carbons (Fsp3) is 0.375. The third-order valence-corrected chi connectivity index (χ3v) is 4.30. The van der Waals surface area contributed by atoms with E-state index in [1.165, 1.54) is 6.20 Å². The zero-order valence-corrected chi connectivity index (χ0v) is 13.1. The van der Waals surface area contributed by atoms with Crippen LogP contribution in [0.5, 0.6) is 0 Å². The molecule has 2 unspecified atom stereocenters. The number of aromatic amines is 1. The highest BCUT2D eigenvalue weighted by Crippen LogP contribution is 2.28. The van der Waals surface area contributed by atoms with Crippen molar-refractivity contribution < 1.29 is 9.59 Å². The van der Waals surface area contributed by atoms with Gasteiger partial charge in [0.2, 0.25) is 5.91 Å². The SMILES string of the molecule is CCC(C)C1C(=O)Nc2ccccc2CN1C(=O)c1cn[nH]n1. The first-order valence-electron chi connectivity index (χ1n) is 7.67. The Hall–Kier alpha value is -2.70. The minimum Gasteiger partial charge on any atom is -0.324 e. The summed E-state index contributed by atoms with van der Waals surface area (Å²) in [5.74, 6) is -0.433. The molecule has 0 saturated carbocycles. The maximum Gasteiger partial charge on any atom is 0.277 e. The number of hydrogen-bond acceptors (Lipinski definition) is 4. The minimum atomic E-state index is -0.545. The minimum absolute atomic E-state index is 0.0279. The lowest BCUT2D eigenvalue weighted by Crippen LogP contribution is -2.49. The van der Waals surface area contributed by atoms with E-state index in [-0.39, 0.29) is 23.4 Å². The fourth-order valence-corrected chi connectivity index (χ4v) is 2.85. The molecule has 2 heterocycles. The lowest BCUT2D eigenvalue weighted by Gasteiger charge is -2.31. The molecule has 0 bridgehead atoms. The summed E-state index contributed by atoms with van der Waals surface area (Å²) >= 11 is 0. The number of carbonyl (C=O) groups is 2. The number of para-hydroxylation sites is 1. The van der Waals surface area contributed by atoms with Crippen molar-refractivity contribution in [3.05, 3.63) is 41.7 Å². The number of carbonyl (C=O) groups excluding carboxylic acids is 2. The second-order valence-electron chi connectivity index (χ2n) is 5.77. The molecule has 0 radical (unpaired) electrons. The van der Waals surface area contributed by atoms with Crippen molar-refractivity contribution in [2.45, 2.75) is 32.9 Å². The molecule has 0 spiro atoms. The van der Waals surface area contributed by atoms with Crippen LogP contribution in [0.2, 0.25) is 0 Å². The van der Waals surface area contributed by atoms with Crippen LogP contribution in [0, 0.1) is 5.92 Å². The third-order valence-electron chi connectivity index (χ3n) is 4.30. The molecule has 1 aromatic carbocycles. The molecule has 23 heavy (non-hydrogen) atoms. The van der Waals surface area contributed by atoms with Gasteiger partial charge < -0.3 is 10.2 Å². The lowest BCUT2D eigenvalue weighted by molar-refractivity contribution is -0.122. The summed E-state index contributed by atoms with van der Waals surface area (Å²) in [5.41, 5.74) is 1.87. The molecular formula is C16H19N5O2. The standard InChI is InChI=1S/C16H19N5O2/c1-3-10(2)14-15(22)18-12-7-5-4-6-11(12)9-21(14)16(23)13-8-17-20-19-13/h4-8,10,14H,3,9H2,1-2H3,(H,18,22)(H,17,19,20). The number of benzene rings is 1. The van der Waals surface area contributed by atoms with Gasteiger partial charge in [-0.25, -0.2) is 0 Å². The number of amides is 2. The van der Waals surface area contributed by atoms with Crippen LogP contribution in [-0.4, -0.2) is 38.2 Å². The van der Waals surface area contributed by atoms with Crippen LogP contribution in [0.3, 0.4) is 0 Å². The van der Waals surface area contributed by atoms with Gasteiger partial charge in [-0.3, -0.25) is 9.59 Å². The molecule has 2 N–H and O–H groups in total. The van der Waals surface area contributed by atoms with Crippen LogP contribution in [0.4, 0.5) is 5.69 Å². The van der Waals surface area contributed by atoms with E-state index in [1.54, 1.807) is 4.90 Å². The molecule has 2 atom stereocenters. The van der Waals surface area contributed by atoms with Gasteiger partial charge in [-0.15, -0.1) is 0 Å². The average molecular weight is 313 g/mol. The van der Waals surface area contributed by atoms with Crippen molar-refractivity contribution >= 4 is 17.5 Å². The normalized spacial score (nSPS) is 18.8. The van der Waals surface area contributed by atoms with Gasteiger partial charge >= 0.3 is 0 Å². The summed E-state index contributed by atoms with van der Waals surface area (Å²) in [6.45, 7) is 4.34. The van der Waals surface area contributed by atoms with Crippen LogP contribution in [0.1, 0.15) is 36.3 Å². The van der Waals surface area contributed by atoms with Crippen LogP contribution < -0.4 is 5.32 Å². The molecule has 2 amide bonds. The van der Waals surface area contributed by atoms with Crippen LogP contribution >= 0.6 is 0 Å². The topological polar surface area (TPSA) is 91.0 Å². The van der Waals surface area contributed by atoms with Gasteiger partial charge in [-0.2, -0.15) is 15.4 Å². The van der Waals surface area contributed by atoms with Gasteiger partial charge in [0.15, 0.2) is 5.69 Å². The molecule has 1 aliphatic rings. The predicted octanol–water partition coefficient (Wildman–Crippen LogP) is 1.81. The number of H-pyrrole nitrogens is 1. The van der Waals surface area contributed by atoms with Gasteiger partial charge in [-0.1, -0.05) is 38.5 Å². The molecule has 3 rings (SSSR count). The fourth-order valence-electron chi connectivity index (χ4n) is 2.85. The number of fused-ring (bicyclic) bond motifs is 1. The molecular weight excluding hydrogens is 294 g/mol. The molecule has 7 heteroatoms. The molecule has 0 fully saturated rings. The molecule has 1 aromatic heterocycles. The number of aromatic nitrogens is 3. The van der Waals surface area contributed by atoms with Crippen molar-refractivity contribution in [3.63, 3.8) is 0 Å². The van der Waals surface area contributed by atoms with Gasteiger partial charge in [0, 0.05) is 12.2 Å². The Morgan fingerprint density at radius 1 is 1.43 bits per heavy atom. The van der Waals surface area contributed by atoms with Crippen molar-refractivity contribution in [3.8, 4) is 0 Å².